The number of hydrogen-bond acceptors (Lipinski definition) is 4. The average molecular weight is 406 g/mol. The van der Waals surface area contributed by atoms with Gasteiger partial charge in [0.2, 0.25) is 10.0 Å². The summed E-state index contributed by atoms with van der Waals surface area (Å²) in [4.78, 5) is 4.47. The van der Waals surface area contributed by atoms with Crippen LogP contribution < -0.4 is 15.1 Å². The van der Waals surface area contributed by atoms with E-state index in [2.05, 4.69) is 28.4 Å². The van der Waals surface area contributed by atoms with Crippen LogP contribution >= 0.6 is 8.07 Å². The van der Waals surface area contributed by atoms with E-state index >= 15 is 0 Å². The summed E-state index contributed by atoms with van der Waals surface area (Å²) in [5.41, 5.74) is 0. The lowest BCUT2D eigenvalue weighted by atomic mass is 10.2. The molecule has 0 radical (unpaired) electrons. The van der Waals surface area contributed by atoms with Gasteiger partial charge in [0.05, 0.1) is 5.75 Å². The number of hydrogen-bond donors (Lipinski definition) is 1. The van der Waals surface area contributed by atoms with Crippen molar-refractivity contribution in [1.29, 1.82) is 0 Å². The highest BCUT2D eigenvalue weighted by atomic mass is 32.2. The van der Waals surface area contributed by atoms with Crippen LogP contribution in [-0.4, -0.2) is 63.7 Å². The minimum Gasteiger partial charge on any atom is -0.305 e. The van der Waals surface area contributed by atoms with Gasteiger partial charge < -0.3 is 9.80 Å². The van der Waals surface area contributed by atoms with E-state index in [1.165, 1.54) is 0 Å². The highest BCUT2D eigenvalue weighted by Crippen LogP contribution is 2.29. The van der Waals surface area contributed by atoms with Crippen LogP contribution in [0.15, 0.2) is 60.7 Å². The molecule has 0 amide bonds. The standard InChI is InChI=1S/C20H28N3O2PS/c1-22(2)18-13-14-23(17-18)15-16-27(24,25)21-26(19-9-5-3-6-10-19)20-11-7-4-8-12-20/h3-12,18,21H,13-17H2,1-2H3. The molecular formula is C20H28N3O2PS. The Morgan fingerprint density at radius 3 is 2.07 bits per heavy atom. The number of nitrogens with zero attached hydrogens (tertiary/aromatic N) is 2. The summed E-state index contributed by atoms with van der Waals surface area (Å²) in [5, 5.41) is 2.02. The predicted octanol–water partition coefficient (Wildman–Crippen LogP) is 1.59. The van der Waals surface area contributed by atoms with Crippen molar-refractivity contribution in [3.63, 3.8) is 0 Å². The van der Waals surface area contributed by atoms with E-state index in [1.807, 2.05) is 60.7 Å². The number of likely N-dealkylation sites (N-methyl/N-ethyl adjacent to an activating group) is 1. The third kappa shape index (κ3) is 5.84. The van der Waals surface area contributed by atoms with Gasteiger partial charge in [-0.15, -0.1) is 0 Å². The first kappa shape index (κ1) is 20.4. The predicted molar refractivity (Wildman–Crippen MR) is 115 cm³/mol. The zero-order valence-electron chi connectivity index (χ0n) is 16.0. The summed E-state index contributed by atoms with van der Waals surface area (Å²) >= 11 is 0. The molecule has 1 fully saturated rings. The van der Waals surface area contributed by atoms with Crippen LogP contribution in [0.2, 0.25) is 0 Å². The second-order valence-corrected chi connectivity index (χ2v) is 11.2. The van der Waals surface area contributed by atoms with E-state index in [1.54, 1.807) is 0 Å². The van der Waals surface area contributed by atoms with Crippen molar-refractivity contribution in [3.8, 4) is 0 Å². The molecule has 2 aromatic carbocycles. The summed E-state index contributed by atoms with van der Waals surface area (Å²) in [6.07, 6.45) is 1.10. The fourth-order valence-corrected chi connectivity index (χ4v) is 7.34. The van der Waals surface area contributed by atoms with Crippen LogP contribution in [0, 0.1) is 0 Å². The Hall–Kier alpha value is -1.30. The topological polar surface area (TPSA) is 52.7 Å². The van der Waals surface area contributed by atoms with E-state index in [-0.39, 0.29) is 5.75 Å². The Labute approximate surface area is 164 Å². The van der Waals surface area contributed by atoms with E-state index in [4.69, 9.17) is 0 Å². The summed E-state index contributed by atoms with van der Waals surface area (Å²) in [6, 6.07) is 20.2. The molecule has 146 valence electrons. The van der Waals surface area contributed by atoms with Gasteiger partial charge in [0.15, 0.2) is 0 Å². The van der Waals surface area contributed by atoms with Gasteiger partial charge in [0.1, 0.15) is 0 Å². The lowest BCUT2D eigenvalue weighted by Crippen LogP contribution is -2.36. The van der Waals surface area contributed by atoms with Crippen molar-refractivity contribution in [2.24, 2.45) is 0 Å². The Morgan fingerprint density at radius 1 is 1.04 bits per heavy atom. The second-order valence-electron chi connectivity index (χ2n) is 7.12. The van der Waals surface area contributed by atoms with E-state index in [9.17, 15) is 8.42 Å². The first-order valence-corrected chi connectivity index (χ1v) is 12.2. The van der Waals surface area contributed by atoms with Crippen molar-refractivity contribution in [2.45, 2.75) is 12.5 Å². The lowest BCUT2D eigenvalue weighted by molar-refractivity contribution is 0.275. The highest BCUT2D eigenvalue weighted by molar-refractivity contribution is 7.97. The van der Waals surface area contributed by atoms with Gasteiger partial charge in [0, 0.05) is 27.2 Å². The third-order valence-corrected chi connectivity index (χ3v) is 9.11. The maximum atomic E-state index is 12.8. The summed E-state index contributed by atoms with van der Waals surface area (Å²) in [5.74, 6) is 0.131. The second kappa shape index (κ2) is 9.26. The van der Waals surface area contributed by atoms with Crippen LogP contribution in [0.3, 0.4) is 0 Å². The van der Waals surface area contributed by atoms with Gasteiger partial charge in [-0.1, -0.05) is 60.7 Å². The molecule has 2 aromatic rings. The summed E-state index contributed by atoms with van der Waals surface area (Å²) in [7, 11) is -0.360. The zero-order chi connectivity index (χ0) is 19.3. The van der Waals surface area contributed by atoms with Gasteiger partial charge in [-0.2, -0.15) is 4.49 Å². The number of likely N-dealkylation sites (tertiary alicyclic amines) is 1. The van der Waals surface area contributed by atoms with E-state index in [0.29, 0.717) is 12.6 Å². The molecule has 3 rings (SSSR count). The van der Waals surface area contributed by atoms with Crippen molar-refractivity contribution in [2.75, 3.05) is 39.5 Å². The molecule has 0 spiro atoms. The largest absolute Gasteiger partial charge is 0.305 e. The fraction of sp³-hybridized carbons (Fsp3) is 0.400. The lowest BCUT2D eigenvalue weighted by Gasteiger charge is -2.22. The van der Waals surface area contributed by atoms with Crippen molar-refractivity contribution in [3.05, 3.63) is 60.7 Å². The molecule has 0 bridgehead atoms. The van der Waals surface area contributed by atoms with Gasteiger partial charge in [0.25, 0.3) is 0 Å². The monoisotopic (exact) mass is 405 g/mol. The molecule has 27 heavy (non-hydrogen) atoms. The summed E-state index contributed by atoms with van der Waals surface area (Å²) < 4.78 is 28.6. The molecule has 0 aromatic heterocycles. The molecule has 5 nitrogen and oxygen atoms in total. The molecule has 1 atom stereocenters. The quantitative estimate of drug-likeness (QED) is 0.678. The van der Waals surface area contributed by atoms with Crippen LogP contribution in [0.4, 0.5) is 0 Å². The molecule has 1 heterocycles. The fourth-order valence-electron chi connectivity index (χ4n) is 3.28. The molecule has 1 unspecified atom stereocenters. The van der Waals surface area contributed by atoms with Crippen LogP contribution in [0.1, 0.15) is 6.42 Å². The maximum Gasteiger partial charge on any atom is 0.216 e. The first-order valence-electron chi connectivity index (χ1n) is 9.24. The average Bonchev–Trinajstić information content (AvgIpc) is 3.16. The minimum atomic E-state index is -3.38. The zero-order valence-corrected chi connectivity index (χ0v) is 17.7. The Balaban J connectivity index is 1.68. The Bertz CT molecular complexity index is 776. The number of sulfonamides is 1. The summed E-state index contributed by atoms with van der Waals surface area (Å²) in [6.45, 7) is 2.48. The molecule has 1 aliphatic rings. The van der Waals surface area contributed by atoms with E-state index < -0.39 is 18.1 Å². The van der Waals surface area contributed by atoms with Gasteiger partial charge in [-0.25, -0.2) is 8.42 Å². The van der Waals surface area contributed by atoms with Crippen molar-refractivity contribution < 1.29 is 8.42 Å². The maximum absolute atomic E-state index is 12.8. The highest BCUT2D eigenvalue weighted by Gasteiger charge is 2.26. The van der Waals surface area contributed by atoms with Crippen molar-refractivity contribution >= 4 is 28.7 Å². The Morgan fingerprint density at radius 2 is 1.59 bits per heavy atom. The molecule has 1 aliphatic heterocycles. The molecular weight excluding hydrogens is 377 g/mol. The molecule has 0 aliphatic carbocycles. The number of benzene rings is 2. The van der Waals surface area contributed by atoms with Crippen LogP contribution in [0.5, 0.6) is 0 Å². The van der Waals surface area contributed by atoms with Crippen LogP contribution in [-0.2, 0) is 10.0 Å². The molecule has 7 heteroatoms. The SMILES string of the molecule is CN(C)C1CCN(CCS(=O)(=O)NP(c2ccccc2)c2ccccc2)C1. The number of nitrogens with one attached hydrogen (secondary N) is 1. The molecule has 1 N–H and O–H groups in total. The van der Waals surface area contributed by atoms with Gasteiger partial charge in [-0.3, -0.25) is 0 Å². The first-order chi connectivity index (χ1) is 12.9. The van der Waals surface area contributed by atoms with Crippen molar-refractivity contribution in [1.82, 2.24) is 14.3 Å². The van der Waals surface area contributed by atoms with Crippen LogP contribution in [0.25, 0.3) is 0 Å². The smallest absolute Gasteiger partial charge is 0.216 e. The Kier molecular flexibility index (Phi) is 7.01. The minimum absolute atomic E-state index is 0.131. The number of rotatable bonds is 8. The van der Waals surface area contributed by atoms with Gasteiger partial charge in [-0.05, 0) is 37.7 Å². The van der Waals surface area contributed by atoms with Gasteiger partial charge >= 0.3 is 0 Å². The normalized spacial score (nSPS) is 18.4. The third-order valence-electron chi connectivity index (χ3n) is 4.91. The molecule has 0 saturated carbocycles. The molecule has 1 saturated heterocycles. The van der Waals surface area contributed by atoms with E-state index in [0.717, 1.165) is 30.1 Å².